The molecule has 0 aromatic heterocycles. The lowest BCUT2D eigenvalue weighted by Gasteiger charge is -2.21. The van der Waals surface area contributed by atoms with Crippen LogP contribution in [0.1, 0.15) is 336 Å². The van der Waals surface area contributed by atoms with Gasteiger partial charge in [-0.2, -0.15) is 0 Å². The molecule has 0 aliphatic carbocycles. The Morgan fingerprint density at radius 1 is 0.284 bits per heavy atom. The SMILES string of the molecule is CC/C=C\C/C=C\C/C=C\C/C=C\CCCCCCCCC(=O)OCC(COP(=O)(O)OCC(O)COP(=O)(O)OCC(COC(=O)CCCCCCCCC/C=C\C/C=C\C/C=C\CC)OC(=O)CCCCCCC/C=C\C/C=C\CCCCC)OC(=O)CCCCCCCCCCCCC. The third-order valence-corrected chi connectivity index (χ3v) is 18.6. The lowest BCUT2D eigenvalue weighted by molar-refractivity contribution is -0.161. The van der Waals surface area contributed by atoms with E-state index in [1.807, 2.05) is 0 Å². The predicted octanol–water partition coefficient (Wildman–Crippen LogP) is 23.3. The molecule has 17 nitrogen and oxygen atoms in total. The first-order valence-corrected chi connectivity index (χ1v) is 43.1. The normalized spacial score (nSPS) is 14.5. The Hall–Kier alpha value is -4.28. The maximum Gasteiger partial charge on any atom is 0.472 e. The number of phosphoric ester groups is 2. The standard InChI is InChI=1S/C83H144O17P2/c1-5-9-13-17-21-25-29-32-35-37-38-40-43-45-49-52-56-60-64-68-80(85)93-73-78(99-82(87)69-65-61-57-53-47-28-24-20-16-12-8-4)75-97-101(89,90)95-71-77(84)72-96-102(91,92)98-76-79(100-83(88)70-66-62-58-54-50-46-41-34-31-27-23-19-15-11-7-3)74-94-81(86)67-63-59-55-51-48-44-42-39-36-33-30-26-22-18-14-10-6-2/h9-10,13-14,21-23,25-27,32-36,38,40-41,77-79,84H,5-8,11-12,15-20,24,28-31,37,39,42-76H2,1-4H3,(H,89,90)(H,91,92)/b13-9-,14-10-,25-21-,26-22-,27-23-,35-32-,36-33-,40-38-,41-34-. The van der Waals surface area contributed by atoms with Crippen LogP contribution in [-0.2, 0) is 65.4 Å². The smallest absolute Gasteiger partial charge is 0.462 e. The Morgan fingerprint density at radius 2 is 0.510 bits per heavy atom. The molecule has 19 heteroatoms. The van der Waals surface area contributed by atoms with Gasteiger partial charge in [0.05, 0.1) is 26.4 Å². The molecular weight excluding hydrogens is 1330 g/mol. The molecule has 3 N–H and O–H groups in total. The summed E-state index contributed by atoms with van der Waals surface area (Å²) in [5.41, 5.74) is 0. The highest BCUT2D eigenvalue weighted by Gasteiger charge is 2.30. The van der Waals surface area contributed by atoms with Crippen molar-refractivity contribution in [2.45, 2.75) is 354 Å². The minimum atomic E-state index is -4.98. The van der Waals surface area contributed by atoms with E-state index in [0.717, 1.165) is 199 Å². The highest BCUT2D eigenvalue weighted by Crippen LogP contribution is 2.45. The number of carbonyl (C=O) groups excluding carboxylic acids is 4. The first kappa shape index (κ1) is 97.7. The van der Waals surface area contributed by atoms with E-state index in [0.29, 0.717) is 25.7 Å². The van der Waals surface area contributed by atoms with E-state index in [1.54, 1.807) is 0 Å². The second-order valence-corrected chi connectivity index (χ2v) is 29.5. The minimum absolute atomic E-state index is 0.0766. The van der Waals surface area contributed by atoms with Crippen molar-refractivity contribution < 1.29 is 80.2 Å². The molecule has 0 saturated carbocycles. The third-order valence-electron chi connectivity index (χ3n) is 16.7. The molecule has 5 unspecified atom stereocenters. The summed E-state index contributed by atoms with van der Waals surface area (Å²) in [7, 11) is -9.96. The Bertz CT molecular complexity index is 2360. The van der Waals surface area contributed by atoms with Gasteiger partial charge in [0.1, 0.15) is 19.3 Å². The molecule has 0 aromatic rings. The predicted molar refractivity (Wildman–Crippen MR) is 418 cm³/mol. The summed E-state index contributed by atoms with van der Waals surface area (Å²) < 4.78 is 68.6. The molecule has 5 atom stereocenters. The first-order chi connectivity index (χ1) is 49.7. The van der Waals surface area contributed by atoms with Gasteiger partial charge >= 0.3 is 39.5 Å². The van der Waals surface area contributed by atoms with Gasteiger partial charge in [0.15, 0.2) is 12.2 Å². The van der Waals surface area contributed by atoms with Crippen LogP contribution in [0.5, 0.6) is 0 Å². The molecule has 0 spiro atoms. The van der Waals surface area contributed by atoms with Gasteiger partial charge in [0, 0.05) is 25.7 Å². The molecule has 102 heavy (non-hydrogen) atoms. The lowest BCUT2D eigenvalue weighted by atomic mass is 10.1. The molecule has 0 aliphatic heterocycles. The zero-order valence-corrected chi connectivity index (χ0v) is 66.0. The van der Waals surface area contributed by atoms with E-state index in [1.165, 1.54) is 57.8 Å². The maximum absolute atomic E-state index is 13.1. The number of carbonyl (C=O) groups is 4. The van der Waals surface area contributed by atoms with E-state index >= 15 is 0 Å². The van der Waals surface area contributed by atoms with Crippen molar-refractivity contribution in [2.75, 3.05) is 39.6 Å². The number of aliphatic hydroxyl groups is 1. The Kier molecular flexibility index (Phi) is 71.8. The number of unbranched alkanes of at least 4 members (excludes halogenated alkanes) is 31. The molecule has 0 saturated heterocycles. The Balaban J connectivity index is 5.33. The minimum Gasteiger partial charge on any atom is -0.462 e. The van der Waals surface area contributed by atoms with Crippen LogP contribution in [0.3, 0.4) is 0 Å². The second-order valence-electron chi connectivity index (χ2n) is 26.6. The lowest BCUT2D eigenvalue weighted by Crippen LogP contribution is -2.30. The first-order valence-electron chi connectivity index (χ1n) is 40.1. The van der Waals surface area contributed by atoms with Crippen molar-refractivity contribution in [3.63, 3.8) is 0 Å². The molecule has 0 heterocycles. The van der Waals surface area contributed by atoms with Crippen LogP contribution in [0, 0.1) is 0 Å². The summed E-state index contributed by atoms with van der Waals surface area (Å²) in [6.07, 6.45) is 80.6. The fraction of sp³-hybridized carbons (Fsp3) is 0.735. The fourth-order valence-corrected chi connectivity index (χ4v) is 12.2. The van der Waals surface area contributed by atoms with Gasteiger partial charge in [-0.25, -0.2) is 9.13 Å². The molecule has 0 bridgehead atoms. The monoisotopic (exact) mass is 1470 g/mol. The van der Waals surface area contributed by atoms with Crippen LogP contribution in [0.25, 0.3) is 0 Å². The van der Waals surface area contributed by atoms with E-state index in [9.17, 15) is 43.2 Å². The van der Waals surface area contributed by atoms with Gasteiger partial charge in [-0.1, -0.05) is 291 Å². The van der Waals surface area contributed by atoms with Crippen molar-refractivity contribution in [1.29, 1.82) is 0 Å². The second kappa shape index (κ2) is 75.0. The zero-order chi connectivity index (χ0) is 74.6. The van der Waals surface area contributed by atoms with E-state index < -0.39 is 97.5 Å². The quantitative estimate of drug-likeness (QED) is 0.0169. The number of hydrogen-bond acceptors (Lipinski definition) is 15. The average Bonchev–Trinajstić information content (AvgIpc) is 0.926. The van der Waals surface area contributed by atoms with Gasteiger partial charge in [-0.05, 0) is 128 Å². The van der Waals surface area contributed by atoms with Crippen molar-refractivity contribution in [1.82, 2.24) is 0 Å². The highest BCUT2D eigenvalue weighted by molar-refractivity contribution is 7.47. The third kappa shape index (κ3) is 74.0. The molecule has 0 radical (unpaired) electrons. The fourth-order valence-electron chi connectivity index (χ4n) is 10.7. The van der Waals surface area contributed by atoms with Gasteiger partial charge in [-0.15, -0.1) is 0 Å². The zero-order valence-electron chi connectivity index (χ0n) is 64.3. The Morgan fingerprint density at radius 3 is 0.804 bits per heavy atom. The van der Waals surface area contributed by atoms with E-state index in [2.05, 4.69) is 137 Å². The summed E-state index contributed by atoms with van der Waals surface area (Å²) >= 11 is 0. The van der Waals surface area contributed by atoms with E-state index in [-0.39, 0.29) is 25.7 Å². The largest absolute Gasteiger partial charge is 0.472 e. The van der Waals surface area contributed by atoms with Gasteiger partial charge in [0.2, 0.25) is 0 Å². The van der Waals surface area contributed by atoms with Gasteiger partial charge < -0.3 is 33.8 Å². The van der Waals surface area contributed by atoms with Gasteiger partial charge in [-0.3, -0.25) is 37.3 Å². The van der Waals surface area contributed by atoms with Crippen LogP contribution in [-0.4, -0.2) is 96.7 Å². The van der Waals surface area contributed by atoms with Crippen LogP contribution < -0.4 is 0 Å². The summed E-state index contributed by atoms with van der Waals surface area (Å²) in [5.74, 6) is -2.20. The summed E-state index contributed by atoms with van der Waals surface area (Å²) in [6, 6.07) is 0. The number of ether oxygens (including phenoxy) is 4. The maximum atomic E-state index is 13.1. The van der Waals surface area contributed by atoms with Crippen LogP contribution in [0.2, 0.25) is 0 Å². The molecule has 0 amide bonds. The van der Waals surface area contributed by atoms with Crippen LogP contribution in [0.15, 0.2) is 109 Å². The van der Waals surface area contributed by atoms with Crippen LogP contribution >= 0.6 is 15.6 Å². The number of allylic oxidation sites excluding steroid dienone is 18. The Labute approximate surface area is 619 Å². The molecule has 0 aromatic carbocycles. The topological polar surface area (TPSA) is 237 Å². The van der Waals surface area contributed by atoms with Crippen molar-refractivity contribution in [2.24, 2.45) is 0 Å². The number of hydrogen-bond donors (Lipinski definition) is 3. The molecule has 0 rings (SSSR count). The number of esters is 4. The van der Waals surface area contributed by atoms with Gasteiger partial charge in [0.25, 0.3) is 0 Å². The highest BCUT2D eigenvalue weighted by atomic mass is 31.2. The summed E-state index contributed by atoms with van der Waals surface area (Å²) in [4.78, 5) is 73.0. The molecular formula is C83H144O17P2. The number of aliphatic hydroxyl groups excluding tert-OH is 1. The average molecular weight is 1480 g/mol. The summed E-state index contributed by atoms with van der Waals surface area (Å²) in [6.45, 7) is 4.61. The number of rotatable bonds is 75. The van der Waals surface area contributed by atoms with Crippen LogP contribution in [0.4, 0.5) is 0 Å². The molecule has 0 fully saturated rings. The van der Waals surface area contributed by atoms with E-state index in [4.69, 9.17) is 37.0 Å². The molecule has 588 valence electrons. The molecule has 0 aliphatic rings. The van der Waals surface area contributed by atoms with Crippen molar-refractivity contribution >= 4 is 39.5 Å². The summed E-state index contributed by atoms with van der Waals surface area (Å²) in [5, 5.41) is 10.6. The van der Waals surface area contributed by atoms with Crippen molar-refractivity contribution in [3.05, 3.63) is 109 Å². The van der Waals surface area contributed by atoms with Crippen molar-refractivity contribution in [3.8, 4) is 0 Å². The number of phosphoric acid groups is 2.